The number of alkyl halides is 4. The molecule has 1 amide bonds. The number of ether oxygens (including phenoxy) is 2. The number of halogens is 4. The Morgan fingerprint density at radius 1 is 1.19 bits per heavy atom. The molecule has 1 aromatic carbocycles. The van der Waals surface area contributed by atoms with E-state index in [4.69, 9.17) is 4.74 Å². The minimum atomic E-state index is -5.60. The number of nitrogens with zero attached hydrogens (tertiary/aromatic N) is 1. The van der Waals surface area contributed by atoms with E-state index in [0.29, 0.717) is 43.6 Å². The fourth-order valence-electron chi connectivity index (χ4n) is 3.46. The lowest BCUT2D eigenvalue weighted by Crippen LogP contribution is -2.52. The number of carbonyl (C=O) groups excluding carboxylic acids is 2. The molecule has 32 heavy (non-hydrogen) atoms. The first-order chi connectivity index (χ1) is 15.1. The van der Waals surface area contributed by atoms with Gasteiger partial charge < -0.3 is 14.8 Å². The molecule has 0 radical (unpaired) electrons. The predicted molar refractivity (Wildman–Crippen MR) is 110 cm³/mol. The summed E-state index contributed by atoms with van der Waals surface area (Å²) in [6.45, 7) is 3.26. The molecule has 0 bridgehead atoms. The lowest BCUT2D eigenvalue weighted by molar-refractivity contribution is -0.305. The van der Waals surface area contributed by atoms with E-state index in [2.05, 4.69) is 9.64 Å². The normalized spacial score (nSPS) is 16.2. The molecular weight excluding hydrogens is 452 g/mol. The van der Waals surface area contributed by atoms with Gasteiger partial charge in [-0.25, -0.2) is 4.79 Å². The van der Waals surface area contributed by atoms with Gasteiger partial charge in [-0.2, -0.15) is 17.6 Å². The third-order valence-corrected chi connectivity index (χ3v) is 6.16. The van der Waals surface area contributed by atoms with Crippen molar-refractivity contribution in [1.29, 1.82) is 0 Å². The number of carbonyl (C=O) groups is 2. The lowest BCUT2D eigenvalue weighted by Gasteiger charge is -2.27. The third kappa shape index (κ3) is 4.79. The minimum absolute atomic E-state index is 0.0324. The highest BCUT2D eigenvalue weighted by Crippen LogP contribution is 2.40. The molecule has 174 valence electrons. The van der Waals surface area contributed by atoms with Gasteiger partial charge in [0.25, 0.3) is 0 Å². The van der Waals surface area contributed by atoms with Crippen LogP contribution in [0.5, 0.6) is 0 Å². The zero-order valence-corrected chi connectivity index (χ0v) is 18.2. The second-order valence-corrected chi connectivity index (χ2v) is 8.23. The van der Waals surface area contributed by atoms with Crippen LogP contribution >= 0.6 is 11.3 Å². The largest absolute Gasteiger partial charge is 0.462 e. The Bertz CT molecular complexity index is 980. The Morgan fingerprint density at radius 3 is 2.47 bits per heavy atom. The fourth-order valence-corrected chi connectivity index (χ4v) is 4.73. The monoisotopic (exact) mass is 474 g/mol. The number of hydrogen-bond acceptors (Lipinski definition) is 6. The van der Waals surface area contributed by atoms with Gasteiger partial charge >= 0.3 is 23.9 Å². The van der Waals surface area contributed by atoms with Crippen LogP contribution in [0.25, 0.3) is 0 Å². The molecule has 2 heterocycles. The number of methoxy groups -OCH3 is 1. The molecular formula is C21H22F4N2O4S. The van der Waals surface area contributed by atoms with E-state index in [1.807, 2.05) is 35.6 Å². The molecule has 1 atom stereocenters. The zero-order chi connectivity index (χ0) is 23.5. The van der Waals surface area contributed by atoms with Crippen LogP contribution in [0.2, 0.25) is 0 Å². The van der Waals surface area contributed by atoms with E-state index in [1.54, 1.807) is 6.92 Å². The highest BCUT2D eigenvalue weighted by Gasteiger charge is 2.63. The second kappa shape index (κ2) is 9.55. The van der Waals surface area contributed by atoms with Gasteiger partial charge in [0.2, 0.25) is 0 Å². The maximum absolute atomic E-state index is 14.3. The van der Waals surface area contributed by atoms with Crippen LogP contribution in [0.1, 0.15) is 33.3 Å². The van der Waals surface area contributed by atoms with Crippen LogP contribution in [-0.2, 0) is 33.8 Å². The third-order valence-electron chi connectivity index (χ3n) is 5.03. The van der Waals surface area contributed by atoms with E-state index < -0.39 is 23.9 Å². The number of amides is 1. The molecule has 1 aliphatic rings. The van der Waals surface area contributed by atoms with Crippen LogP contribution in [0.15, 0.2) is 30.3 Å². The van der Waals surface area contributed by atoms with Crippen molar-refractivity contribution in [2.75, 3.05) is 25.6 Å². The van der Waals surface area contributed by atoms with Crippen molar-refractivity contribution in [2.24, 2.45) is 0 Å². The van der Waals surface area contributed by atoms with Gasteiger partial charge in [0, 0.05) is 31.6 Å². The van der Waals surface area contributed by atoms with Gasteiger partial charge in [0.05, 0.1) is 12.2 Å². The summed E-state index contributed by atoms with van der Waals surface area (Å²) in [5.41, 5.74) is 1.63. The smallest absolute Gasteiger partial charge is 0.458 e. The molecule has 11 heteroatoms. The van der Waals surface area contributed by atoms with E-state index >= 15 is 0 Å². The number of esters is 1. The Labute approximate surface area is 186 Å². The van der Waals surface area contributed by atoms with E-state index in [1.165, 1.54) is 0 Å². The summed E-state index contributed by atoms with van der Waals surface area (Å²) in [5.74, 6) is -7.40. The highest BCUT2D eigenvalue weighted by molar-refractivity contribution is 7.17. The number of fused-ring (bicyclic) bond motifs is 1. The molecule has 0 aliphatic carbocycles. The summed E-state index contributed by atoms with van der Waals surface area (Å²) in [7, 11) is 0.445. The Balaban J connectivity index is 1.90. The van der Waals surface area contributed by atoms with Gasteiger partial charge in [0.15, 0.2) is 0 Å². The van der Waals surface area contributed by atoms with Crippen molar-refractivity contribution >= 4 is 28.2 Å². The van der Waals surface area contributed by atoms with E-state index in [-0.39, 0.29) is 17.2 Å². The Hall–Kier alpha value is -2.50. The average Bonchev–Trinajstić information content (AvgIpc) is 3.10. The second-order valence-electron chi connectivity index (χ2n) is 7.13. The summed E-state index contributed by atoms with van der Waals surface area (Å²) >= 11 is 0.932. The molecule has 0 saturated heterocycles. The summed E-state index contributed by atoms with van der Waals surface area (Å²) in [4.78, 5) is 27.5. The molecule has 0 saturated carbocycles. The molecule has 1 aliphatic heterocycles. The average molecular weight is 474 g/mol. The van der Waals surface area contributed by atoms with Crippen molar-refractivity contribution in [1.82, 2.24) is 4.90 Å². The maximum Gasteiger partial charge on any atom is 0.458 e. The maximum atomic E-state index is 14.3. The molecule has 1 N–H and O–H groups in total. The van der Waals surface area contributed by atoms with Crippen LogP contribution in [-0.4, -0.2) is 49.1 Å². The number of benzene rings is 1. The minimum Gasteiger partial charge on any atom is -0.462 e. The van der Waals surface area contributed by atoms with Crippen molar-refractivity contribution in [2.45, 2.75) is 38.5 Å². The number of hydrogen-bond donors (Lipinski definition) is 1. The van der Waals surface area contributed by atoms with Crippen molar-refractivity contribution in [3.8, 4) is 0 Å². The zero-order valence-electron chi connectivity index (χ0n) is 17.4. The molecule has 0 spiro atoms. The van der Waals surface area contributed by atoms with Crippen molar-refractivity contribution in [3.05, 3.63) is 51.9 Å². The Kier molecular flexibility index (Phi) is 7.21. The van der Waals surface area contributed by atoms with E-state index in [9.17, 15) is 27.2 Å². The quantitative estimate of drug-likeness (QED) is 0.479. The highest BCUT2D eigenvalue weighted by atomic mass is 32.1. The van der Waals surface area contributed by atoms with Crippen LogP contribution in [0.4, 0.5) is 22.6 Å². The summed E-state index contributed by atoms with van der Waals surface area (Å²) in [6.07, 6.45) is -5.17. The van der Waals surface area contributed by atoms with E-state index in [0.717, 1.165) is 16.9 Å². The molecule has 1 aromatic heterocycles. The first kappa shape index (κ1) is 24.1. The predicted octanol–water partition coefficient (Wildman–Crippen LogP) is 4.30. The topological polar surface area (TPSA) is 67.9 Å². The first-order valence-corrected chi connectivity index (χ1v) is 10.6. The summed E-state index contributed by atoms with van der Waals surface area (Å²) in [5, 5.41) is 1.72. The lowest BCUT2D eigenvalue weighted by atomic mass is 10.0. The Morgan fingerprint density at radius 2 is 1.88 bits per heavy atom. The van der Waals surface area contributed by atoms with Gasteiger partial charge in [-0.05, 0) is 24.5 Å². The molecule has 0 fully saturated rings. The summed E-state index contributed by atoms with van der Waals surface area (Å²) < 4.78 is 62.4. The van der Waals surface area contributed by atoms with Crippen LogP contribution < -0.4 is 5.32 Å². The first-order valence-electron chi connectivity index (χ1n) is 9.80. The fraction of sp³-hybridized carbons (Fsp3) is 0.429. The van der Waals surface area contributed by atoms with Gasteiger partial charge in [-0.3, -0.25) is 9.69 Å². The molecule has 0 unspecified atom stereocenters. The van der Waals surface area contributed by atoms with Gasteiger partial charge in [-0.1, -0.05) is 30.3 Å². The van der Waals surface area contributed by atoms with Crippen LogP contribution in [0, 0.1) is 0 Å². The standard InChI is InChI=1S/C21H22F4N2O4S/c1-3-31-18(28)16-14-9-10-27(11-13-7-5-4-6-8-13)12-15(14)32-17(16)26-19(29)20(22,30-2)21(23,24)25/h4-8H,3,9-12H2,1-2H3,(H,26,29)/t20-/m0/s1. The number of thiophene rings is 1. The molecule has 2 aromatic rings. The SMILES string of the molecule is CCOC(=O)c1c(NC(=O)[C@](F)(OC)C(F)(F)F)sc2c1CCN(Cc1ccccc1)C2. The van der Waals surface area contributed by atoms with Crippen molar-refractivity contribution < 1.29 is 36.6 Å². The molecule has 3 rings (SSSR count). The van der Waals surface area contributed by atoms with Gasteiger partial charge in [-0.15, -0.1) is 11.3 Å². The number of anilines is 1. The van der Waals surface area contributed by atoms with Gasteiger partial charge in [0.1, 0.15) is 5.00 Å². The van der Waals surface area contributed by atoms with Crippen LogP contribution in [0.3, 0.4) is 0 Å². The molecule has 6 nitrogen and oxygen atoms in total. The van der Waals surface area contributed by atoms with Crippen molar-refractivity contribution in [3.63, 3.8) is 0 Å². The number of rotatable bonds is 7. The number of nitrogens with one attached hydrogen (secondary N) is 1. The summed E-state index contributed by atoms with van der Waals surface area (Å²) in [6, 6.07) is 9.69.